The van der Waals surface area contributed by atoms with Crippen LogP contribution in [0, 0.1) is 0 Å². The molecule has 0 aliphatic carbocycles. The van der Waals surface area contributed by atoms with Gasteiger partial charge in [-0.05, 0) is 27.7 Å². The minimum Gasteiger partial charge on any atom is -0.361 e. The zero-order valence-electron chi connectivity index (χ0n) is 11.2. The van der Waals surface area contributed by atoms with E-state index in [0.717, 1.165) is 0 Å². The van der Waals surface area contributed by atoms with Gasteiger partial charge >= 0.3 is 0 Å². The molecule has 2 aliphatic rings. The van der Waals surface area contributed by atoms with Crippen LogP contribution in [-0.4, -0.2) is 39.6 Å². The van der Waals surface area contributed by atoms with Crippen molar-refractivity contribution in [2.24, 2.45) is 0 Å². The zero-order chi connectivity index (χ0) is 14.0. The molecule has 0 aromatic heterocycles. The van der Waals surface area contributed by atoms with Crippen molar-refractivity contribution < 1.29 is 28.9 Å². The fourth-order valence-corrected chi connectivity index (χ4v) is 2.45. The third-order valence-electron chi connectivity index (χ3n) is 3.84. The van der Waals surface area contributed by atoms with E-state index in [1.807, 2.05) is 0 Å². The maximum atomic E-state index is 11.6. The predicted octanol–water partition coefficient (Wildman–Crippen LogP) is 0.511. The second kappa shape index (κ2) is 3.39. The third kappa shape index (κ3) is 1.56. The molecule has 1 N–H and O–H groups in total. The summed E-state index contributed by atoms with van der Waals surface area (Å²) in [6.07, 6.45) is -0.0747. The summed E-state index contributed by atoms with van der Waals surface area (Å²) in [5, 5.41) is 10.5. The molecule has 6 heteroatoms. The van der Waals surface area contributed by atoms with Crippen molar-refractivity contribution >= 4 is 11.6 Å². The molecule has 0 amide bonds. The first kappa shape index (κ1) is 13.6. The maximum Gasteiger partial charge on any atom is 0.231 e. The lowest BCUT2D eigenvalue weighted by molar-refractivity contribution is -0.271. The number of Topliss-reactive ketones (excluding diaryl/α,β-unsaturated/α-hetero) is 2. The number of hydrogen-bond donors (Lipinski definition) is 1. The van der Waals surface area contributed by atoms with E-state index in [-0.39, 0.29) is 18.0 Å². The monoisotopic (exact) mass is 258 g/mol. The first-order chi connectivity index (χ1) is 7.97. The Morgan fingerprint density at radius 1 is 1.00 bits per heavy atom. The maximum absolute atomic E-state index is 11.6. The average Bonchev–Trinajstić information content (AvgIpc) is 2.43. The number of ketones is 2. The Kier molecular flexibility index (Phi) is 2.56. The molecule has 4 atom stereocenters. The molecular weight excluding hydrogens is 240 g/mol. The third-order valence-corrected chi connectivity index (χ3v) is 3.84. The highest BCUT2D eigenvalue weighted by Gasteiger charge is 2.73. The molecule has 102 valence electrons. The smallest absolute Gasteiger partial charge is 0.231 e. The van der Waals surface area contributed by atoms with Gasteiger partial charge in [0, 0.05) is 13.3 Å². The van der Waals surface area contributed by atoms with Crippen molar-refractivity contribution in [3.05, 3.63) is 0 Å². The van der Waals surface area contributed by atoms with Gasteiger partial charge < -0.3 is 19.3 Å². The summed E-state index contributed by atoms with van der Waals surface area (Å²) < 4.78 is 16.4. The molecule has 2 rings (SSSR count). The van der Waals surface area contributed by atoms with E-state index in [1.54, 1.807) is 6.92 Å². The summed E-state index contributed by atoms with van der Waals surface area (Å²) in [6, 6.07) is 0. The Balaban J connectivity index is 2.37. The highest BCUT2D eigenvalue weighted by atomic mass is 16.9. The first-order valence-corrected chi connectivity index (χ1v) is 5.81. The Morgan fingerprint density at radius 3 is 1.94 bits per heavy atom. The molecule has 2 unspecified atom stereocenters. The van der Waals surface area contributed by atoms with E-state index >= 15 is 0 Å². The largest absolute Gasteiger partial charge is 0.361 e. The summed E-state index contributed by atoms with van der Waals surface area (Å²) in [5.41, 5.74) is -1.18. The van der Waals surface area contributed by atoms with Crippen molar-refractivity contribution in [2.45, 2.75) is 64.0 Å². The minimum atomic E-state index is -1.81. The van der Waals surface area contributed by atoms with Crippen LogP contribution in [0.3, 0.4) is 0 Å². The Bertz CT molecular complexity index is 374. The van der Waals surface area contributed by atoms with Crippen molar-refractivity contribution in [3.8, 4) is 0 Å². The van der Waals surface area contributed by atoms with Crippen LogP contribution in [0.4, 0.5) is 0 Å². The van der Waals surface area contributed by atoms with Gasteiger partial charge in [0.2, 0.25) is 17.4 Å². The summed E-state index contributed by atoms with van der Waals surface area (Å²) in [5.74, 6) is -5.51. The normalized spacial score (nSPS) is 51.2. The zero-order valence-corrected chi connectivity index (χ0v) is 11.2. The standard InChI is InChI=1S/C12H18O6/c1-7(13)9(3)6-12(15)11(5,16-9)17-10(4,18-12)8(2)14/h15H,6H2,1-5H3/t9-,10-,11?,12?/m1/s1. The summed E-state index contributed by atoms with van der Waals surface area (Å²) in [6.45, 7) is 7.13. The molecule has 2 fully saturated rings. The number of aliphatic hydroxyl groups is 1. The predicted molar refractivity (Wildman–Crippen MR) is 59.4 cm³/mol. The van der Waals surface area contributed by atoms with E-state index in [2.05, 4.69) is 0 Å². The molecule has 2 saturated heterocycles. The van der Waals surface area contributed by atoms with Gasteiger partial charge in [-0.15, -0.1) is 0 Å². The van der Waals surface area contributed by atoms with Crippen LogP contribution in [0.15, 0.2) is 0 Å². The van der Waals surface area contributed by atoms with Gasteiger partial charge in [0.15, 0.2) is 11.6 Å². The minimum absolute atomic E-state index is 0.0747. The summed E-state index contributed by atoms with van der Waals surface area (Å²) in [7, 11) is 0. The number of fused-ring (bicyclic) bond motifs is 1. The van der Waals surface area contributed by atoms with E-state index < -0.39 is 23.0 Å². The van der Waals surface area contributed by atoms with E-state index in [9.17, 15) is 14.7 Å². The van der Waals surface area contributed by atoms with Gasteiger partial charge in [-0.1, -0.05) is 0 Å². The van der Waals surface area contributed by atoms with Crippen molar-refractivity contribution in [1.82, 2.24) is 0 Å². The number of carbonyl (C=O) groups excluding carboxylic acids is 2. The molecule has 0 saturated carbocycles. The number of carbonyl (C=O) groups is 2. The van der Waals surface area contributed by atoms with Crippen LogP contribution in [0.2, 0.25) is 0 Å². The van der Waals surface area contributed by atoms with E-state index in [1.165, 1.54) is 27.7 Å². The van der Waals surface area contributed by atoms with Gasteiger partial charge in [0.1, 0.15) is 5.60 Å². The van der Waals surface area contributed by atoms with Gasteiger partial charge in [-0.2, -0.15) is 0 Å². The molecule has 0 radical (unpaired) electrons. The molecule has 6 nitrogen and oxygen atoms in total. The quantitative estimate of drug-likeness (QED) is 0.777. The topological polar surface area (TPSA) is 82.1 Å². The number of hydrogen-bond acceptors (Lipinski definition) is 6. The van der Waals surface area contributed by atoms with Crippen molar-refractivity contribution in [3.63, 3.8) is 0 Å². The lowest BCUT2D eigenvalue weighted by Crippen LogP contribution is -2.45. The summed E-state index contributed by atoms with van der Waals surface area (Å²) >= 11 is 0. The fourth-order valence-electron chi connectivity index (χ4n) is 2.45. The second-order valence-electron chi connectivity index (χ2n) is 5.50. The second-order valence-corrected chi connectivity index (χ2v) is 5.50. The van der Waals surface area contributed by atoms with Gasteiger partial charge in [0.25, 0.3) is 0 Å². The average molecular weight is 258 g/mol. The molecule has 0 spiro atoms. The van der Waals surface area contributed by atoms with E-state index in [0.29, 0.717) is 0 Å². The molecule has 0 bridgehead atoms. The van der Waals surface area contributed by atoms with Gasteiger partial charge in [-0.25, -0.2) is 0 Å². The van der Waals surface area contributed by atoms with Crippen LogP contribution >= 0.6 is 0 Å². The Labute approximate surface area is 105 Å². The SMILES string of the molecule is CC(=O)[C@@]1(C)OC2(O)C[C@](C)(C(C)=O)OC2(C)O1. The van der Waals surface area contributed by atoms with Crippen LogP contribution in [-0.2, 0) is 23.8 Å². The Morgan fingerprint density at radius 2 is 1.56 bits per heavy atom. The van der Waals surface area contributed by atoms with E-state index in [4.69, 9.17) is 14.2 Å². The molecule has 2 aliphatic heterocycles. The molecule has 2 heterocycles. The highest BCUT2D eigenvalue weighted by Crippen LogP contribution is 2.55. The highest BCUT2D eigenvalue weighted by molar-refractivity contribution is 5.86. The van der Waals surface area contributed by atoms with Gasteiger partial charge in [0.05, 0.1) is 0 Å². The Hall–Kier alpha value is -0.820. The lowest BCUT2D eigenvalue weighted by Gasteiger charge is -2.29. The molecule has 0 aromatic rings. The van der Waals surface area contributed by atoms with Gasteiger partial charge in [-0.3, -0.25) is 9.59 Å². The molecular formula is C12H18O6. The van der Waals surface area contributed by atoms with Crippen LogP contribution in [0.25, 0.3) is 0 Å². The van der Waals surface area contributed by atoms with Crippen LogP contribution < -0.4 is 0 Å². The fraction of sp³-hybridized carbons (Fsp3) is 0.833. The van der Waals surface area contributed by atoms with Crippen LogP contribution in [0.5, 0.6) is 0 Å². The van der Waals surface area contributed by atoms with Crippen molar-refractivity contribution in [2.75, 3.05) is 0 Å². The number of rotatable bonds is 2. The molecule has 0 aromatic carbocycles. The summed E-state index contributed by atoms with van der Waals surface area (Å²) in [4.78, 5) is 23.1. The lowest BCUT2D eigenvalue weighted by atomic mass is 9.94. The van der Waals surface area contributed by atoms with Crippen molar-refractivity contribution in [1.29, 1.82) is 0 Å². The van der Waals surface area contributed by atoms with Crippen LogP contribution in [0.1, 0.15) is 41.0 Å². The first-order valence-electron chi connectivity index (χ1n) is 5.81. The molecule has 18 heavy (non-hydrogen) atoms. The number of ether oxygens (including phenoxy) is 3.